The van der Waals surface area contributed by atoms with Gasteiger partial charge in [0.1, 0.15) is 0 Å². The van der Waals surface area contributed by atoms with Gasteiger partial charge in [0.2, 0.25) is 0 Å². The van der Waals surface area contributed by atoms with Crippen molar-refractivity contribution in [1.82, 2.24) is 0 Å². The van der Waals surface area contributed by atoms with Crippen molar-refractivity contribution in [1.29, 1.82) is 0 Å². The molecule has 0 heterocycles. The average Bonchev–Trinajstić information content (AvgIpc) is 2.25. The molecule has 1 atom stereocenters. The fraction of sp³-hybridized carbons (Fsp3) is 0.923. The number of carboxylic acids is 1. The molecule has 4 N–H and O–H groups in total. The summed E-state index contributed by atoms with van der Waals surface area (Å²) in [6, 6.07) is 0. The van der Waals surface area contributed by atoms with Crippen LogP contribution in [-0.2, 0) is 4.79 Å². The minimum absolute atomic E-state index is 0.0958. The zero-order valence-corrected chi connectivity index (χ0v) is 11.3. The summed E-state index contributed by atoms with van der Waals surface area (Å²) in [7, 11) is 0. The van der Waals surface area contributed by atoms with Crippen LogP contribution in [0.1, 0.15) is 65.2 Å². The van der Waals surface area contributed by atoms with Crippen LogP contribution in [0, 0.1) is 0 Å². The van der Waals surface area contributed by atoms with E-state index in [2.05, 4.69) is 6.92 Å². The minimum atomic E-state index is -0.716. The van der Waals surface area contributed by atoms with Crippen LogP contribution < -0.4 is 5.73 Å². The van der Waals surface area contributed by atoms with Crippen LogP contribution in [-0.4, -0.2) is 28.8 Å². The van der Waals surface area contributed by atoms with Gasteiger partial charge in [-0.05, 0) is 32.7 Å². The molecule has 0 aliphatic carbocycles. The summed E-state index contributed by atoms with van der Waals surface area (Å²) < 4.78 is 0. The van der Waals surface area contributed by atoms with Gasteiger partial charge in [-0.1, -0.05) is 32.6 Å². The monoisotopic (exact) mass is 247 g/mol. The summed E-state index contributed by atoms with van der Waals surface area (Å²) in [4.78, 5) is 9.93. The molecule has 0 aliphatic rings. The molecule has 4 heteroatoms. The lowest BCUT2D eigenvalue weighted by molar-refractivity contribution is -0.137. The maximum Gasteiger partial charge on any atom is 0.303 e. The Bertz CT molecular complexity index is 161. The minimum Gasteiger partial charge on any atom is -0.481 e. The van der Waals surface area contributed by atoms with E-state index in [0.717, 1.165) is 25.7 Å². The highest BCUT2D eigenvalue weighted by molar-refractivity contribution is 5.66. The summed E-state index contributed by atoms with van der Waals surface area (Å²) in [5.74, 6) is -0.716. The zero-order chi connectivity index (χ0) is 13.5. The van der Waals surface area contributed by atoms with E-state index < -0.39 is 5.97 Å². The first-order chi connectivity index (χ1) is 8.04. The van der Waals surface area contributed by atoms with E-state index in [1.54, 1.807) is 0 Å². The Balaban J connectivity index is 0. The molecular weight excluding hydrogens is 218 g/mol. The first-order valence-corrected chi connectivity index (χ1v) is 6.64. The first kappa shape index (κ1) is 18.7. The van der Waals surface area contributed by atoms with Gasteiger partial charge in [-0.3, -0.25) is 4.79 Å². The van der Waals surface area contributed by atoms with Gasteiger partial charge in [0.05, 0.1) is 6.10 Å². The van der Waals surface area contributed by atoms with Crippen molar-refractivity contribution >= 4 is 5.97 Å². The van der Waals surface area contributed by atoms with Gasteiger partial charge in [0, 0.05) is 6.42 Å². The number of nitrogens with two attached hydrogens (primary N) is 1. The standard InChI is InChI=1S/C7H16O.C6H13NO2/c1-3-4-5-6-7(2)8;7-5-3-1-2-4-6(8)9/h7-8H,3-6H2,1-2H3;1-5,7H2,(H,8,9). The van der Waals surface area contributed by atoms with E-state index in [9.17, 15) is 4.79 Å². The molecular formula is C13H29NO3. The van der Waals surface area contributed by atoms with Crippen molar-refractivity contribution in [2.24, 2.45) is 5.73 Å². The molecule has 0 aromatic rings. The molecule has 0 amide bonds. The van der Waals surface area contributed by atoms with Crippen molar-refractivity contribution < 1.29 is 15.0 Å². The normalized spacial score (nSPS) is 11.5. The Morgan fingerprint density at radius 1 is 1.18 bits per heavy atom. The number of aliphatic hydroxyl groups is 1. The van der Waals surface area contributed by atoms with Crippen LogP contribution in [0.3, 0.4) is 0 Å². The van der Waals surface area contributed by atoms with Crippen molar-refractivity contribution in [2.45, 2.75) is 71.3 Å². The topological polar surface area (TPSA) is 83.5 Å². The molecule has 0 saturated heterocycles. The van der Waals surface area contributed by atoms with Crippen LogP contribution in [0.25, 0.3) is 0 Å². The second-order valence-corrected chi connectivity index (χ2v) is 4.34. The van der Waals surface area contributed by atoms with Crippen LogP contribution in [0.15, 0.2) is 0 Å². The van der Waals surface area contributed by atoms with Gasteiger partial charge in [-0.15, -0.1) is 0 Å². The fourth-order valence-electron chi connectivity index (χ4n) is 1.29. The third-order valence-electron chi connectivity index (χ3n) is 2.32. The van der Waals surface area contributed by atoms with Crippen LogP contribution >= 0.6 is 0 Å². The number of aliphatic carboxylic acids is 1. The zero-order valence-electron chi connectivity index (χ0n) is 11.3. The molecule has 0 saturated carbocycles. The van der Waals surface area contributed by atoms with Gasteiger partial charge in [-0.2, -0.15) is 0 Å². The third kappa shape index (κ3) is 25.6. The summed E-state index contributed by atoms with van der Waals surface area (Å²) in [5, 5.41) is 17.0. The molecule has 0 spiro atoms. The molecule has 0 aliphatic heterocycles. The smallest absolute Gasteiger partial charge is 0.303 e. The summed E-state index contributed by atoms with van der Waals surface area (Å²) in [5.41, 5.74) is 5.20. The predicted molar refractivity (Wildman–Crippen MR) is 71.0 cm³/mol. The van der Waals surface area contributed by atoms with E-state index in [1.807, 2.05) is 6.92 Å². The Kier molecular flexibility index (Phi) is 17.0. The SMILES string of the molecule is CCCCCC(C)O.NCCCCCC(=O)O. The van der Waals surface area contributed by atoms with Crippen molar-refractivity contribution in [3.05, 3.63) is 0 Å². The average molecular weight is 247 g/mol. The number of hydrogen-bond acceptors (Lipinski definition) is 3. The molecule has 17 heavy (non-hydrogen) atoms. The van der Waals surface area contributed by atoms with Gasteiger partial charge in [-0.25, -0.2) is 0 Å². The second-order valence-electron chi connectivity index (χ2n) is 4.34. The van der Waals surface area contributed by atoms with E-state index >= 15 is 0 Å². The Morgan fingerprint density at radius 3 is 2.24 bits per heavy atom. The van der Waals surface area contributed by atoms with E-state index in [1.165, 1.54) is 19.3 Å². The number of hydrogen-bond donors (Lipinski definition) is 3. The molecule has 0 radical (unpaired) electrons. The highest BCUT2D eigenvalue weighted by Crippen LogP contribution is 2.01. The molecule has 104 valence electrons. The summed E-state index contributed by atoms with van der Waals surface area (Å²) in [6.07, 6.45) is 7.45. The Labute approximate surface area is 105 Å². The Hall–Kier alpha value is -0.610. The van der Waals surface area contributed by atoms with E-state index in [4.69, 9.17) is 15.9 Å². The highest BCUT2D eigenvalue weighted by atomic mass is 16.4. The molecule has 0 fully saturated rings. The molecule has 0 aromatic heterocycles. The fourth-order valence-corrected chi connectivity index (χ4v) is 1.29. The van der Waals surface area contributed by atoms with Crippen LogP contribution in [0.2, 0.25) is 0 Å². The quantitative estimate of drug-likeness (QED) is 0.547. The van der Waals surface area contributed by atoms with E-state index in [0.29, 0.717) is 6.54 Å². The maximum absolute atomic E-state index is 9.93. The highest BCUT2D eigenvalue weighted by Gasteiger charge is 1.94. The van der Waals surface area contributed by atoms with Gasteiger partial charge < -0.3 is 15.9 Å². The van der Waals surface area contributed by atoms with Crippen molar-refractivity contribution in [3.8, 4) is 0 Å². The molecule has 0 rings (SSSR count). The lowest BCUT2D eigenvalue weighted by atomic mass is 10.1. The predicted octanol–water partition coefficient (Wildman–Crippen LogP) is 2.54. The van der Waals surface area contributed by atoms with Crippen LogP contribution in [0.5, 0.6) is 0 Å². The van der Waals surface area contributed by atoms with E-state index in [-0.39, 0.29) is 12.5 Å². The summed E-state index contributed by atoms with van der Waals surface area (Å²) >= 11 is 0. The number of rotatable bonds is 9. The molecule has 1 unspecified atom stereocenters. The third-order valence-corrected chi connectivity index (χ3v) is 2.32. The lowest BCUT2D eigenvalue weighted by Crippen LogP contribution is -1.99. The van der Waals surface area contributed by atoms with Crippen molar-refractivity contribution in [2.75, 3.05) is 6.54 Å². The molecule has 0 bridgehead atoms. The molecule has 4 nitrogen and oxygen atoms in total. The number of carboxylic acid groups (broad SMARTS) is 1. The molecule has 0 aromatic carbocycles. The van der Waals surface area contributed by atoms with Gasteiger partial charge in [0.25, 0.3) is 0 Å². The van der Waals surface area contributed by atoms with Gasteiger partial charge in [0.15, 0.2) is 0 Å². The number of unbranched alkanes of at least 4 members (excludes halogenated alkanes) is 4. The number of carbonyl (C=O) groups is 1. The van der Waals surface area contributed by atoms with Gasteiger partial charge >= 0.3 is 5.97 Å². The lowest BCUT2D eigenvalue weighted by Gasteiger charge is -2.00. The number of aliphatic hydroxyl groups excluding tert-OH is 1. The Morgan fingerprint density at radius 2 is 1.82 bits per heavy atom. The summed E-state index contributed by atoms with van der Waals surface area (Å²) in [6.45, 7) is 4.68. The van der Waals surface area contributed by atoms with Crippen LogP contribution in [0.4, 0.5) is 0 Å². The maximum atomic E-state index is 9.93. The first-order valence-electron chi connectivity index (χ1n) is 6.64. The van der Waals surface area contributed by atoms with Crippen molar-refractivity contribution in [3.63, 3.8) is 0 Å². The largest absolute Gasteiger partial charge is 0.481 e. The second kappa shape index (κ2) is 15.4.